The Bertz CT molecular complexity index is 314. The van der Waals surface area contributed by atoms with Gasteiger partial charge in [0.05, 0.1) is 17.3 Å². The van der Waals surface area contributed by atoms with E-state index in [0.29, 0.717) is 11.1 Å². The first-order valence-corrected chi connectivity index (χ1v) is 5.76. The molecule has 0 amide bonds. The van der Waals surface area contributed by atoms with Crippen LogP contribution in [0.2, 0.25) is 5.02 Å². The van der Waals surface area contributed by atoms with Crippen LogP contribution in [0, 0.1) is 0 Å². The lowest BCUT2D eigenvalue weighted by Crippen LogP contribution is -1.96. The topological polar surface area (TPSA) is 22.1 Å². The minimum Gasteiger partial charge on any atom is -0.489 e. The highest BCUT2D eigenvalue weighted by Gasteiger charge is 2.23. The van der Waals surface area contributed by atoms with Crippen molar-refractivity contribution in [3.8, 4) is 5.75 Å². The van der Waals surface area contributed by atoms with E-state index in [9.17, 15) is 0 Å². The fourth-order valence-electron chi connectivity index (χ4n) is 1.00. The third kappa shape index (κ3) is 2.29. The summed E-state index contributed by atoms with van der Waals surface area (Å²) in [6.07, 6.45) is 6.40. The molecule has 2 rings (SSSR count). The van der Waals surface area contributed by atoms with Crippen molar-refractivity contribution >= 4 is 23.4 Å². The predicted octanol–water partition coefficient (Wildman–Crippen LogP) is 3.00. The van der Waals surface area contributed by atoms with Crippen molar-refractivity contribution in [3.05, 3.63) is 17.3 Å². The van der Waals surface area contributed by atoms with Gasteiger partial charge in [0, 0.05) is 6.07 Å². The van der Waals surface area contributed by atoms with Crippen LogP contribution < -0.4 is 4.74 Å². The quantitative estimate of drug-likeness (QED) is 0.724. The maximum absolute atomic E-state index is 5.97. The van der Waals surface area contributed by atoms with Crippen LogP contribution in [0.3, 0.4) is 0 Å². The molecule has 4 heteroatoms. The molecule has 0 N–H and O–H groups in total. The molecule has 70 valence electrons. The van der Waals surface area contributed by atoms with Gasteiger partial charge in [-0.15, -0.1) is 11.8 Å². The molecule has 1 aliphatic carbocycles. The van der Waals surface area contributed by atoms with Crippen LogP contribution in [0.1, 0.15) is 12.8 Å². The van der Waals surface area contributed by atoms with E-state index in [-0.39, 0.29) is 0 Å². The second-order valence-electron chi connectivity index (χ2n) is 2.98. The van der Waals surface area contributed by atoms with Crippen molar-refractivity contribution in [3.63, 3.8) is 0 Å². The highest BCUT2D eigenvalue weighted by atomic mass is 35.5. The van der Waals surface area contributed by atoms with Gasteiger partial charge in [-0.1, -0.05) is 11.6 Å². The summed E-state index contributed by atoms with van der Waals surface area (Å²) in [5.41, 5.74) is 0. The van der Waals surface area contributed by atoms with Crippen LogP contribution in [0.5, 0.6) is 5.75 Å². The Kier molecular flexibility index (Phi) is 2.65. The first-order chi connectivity index (χ1) is 6.29. The number of hydrogen-bond acceptors (Lipinski definition) is 3. The van der Waals surface area contributed by atoms with E-state index in [0.717, 1.165) is 23.6 Å². The van der Waals surface area contributed by atoms with Gasteiger partial charge >= 0.3 is 0 Å². The predicted molar refractivity (Wildman–Crippen MR) is 54.7 cm³/mol. The molecule has 0 saturated heterocycles. The summed E-state index contributed by atoms with van der Waals surface area (Å²) in [5, 5.41) is 1.52. The zero-order chi connectivity index (χ0) is 9.26. The number of halogens is 1. The lowest BCUT2D eigenvalue weighted by atomic mass is 10.4. The van der Waals surface area contributed by atoms with Crippen molar-refractivity contribution in [2.75, 3.05) is 6.26 Å². The molecule has 0 bridgehead atoms. The lowest BCUT2D eigenvalue weighted by Gasteiger charge is -2.05. The van der Waals surface area contributed by atoms with E-state index >= 15 is 0 Å². The van der Waals surface area contributed by atoms with Gasteiger partial charge in [0.2, 0.25) is 0 Å². The standard InChI is InChI=1S/C9H10ClNOS/c1-13-9-8(10)4-7(5-11-9)12-6-2-3-6/h4-6H,2-3H2,1H3. The first-order valence-electron chi connectivity index (χ1n) is 4.16. The van der Waals surface area contributed by atoms with Crippen LogP contribution in [0.25, 0.3) is 0 Å². The summed E-state index contributed by atoms with van der Waals surface area (Å²) in [5.74, 6) is 0.783. The normalized spacial score (nSPS) is 15.8. The summed E-state index contributed by atoms with van der Waals surface area (Å²) in [6, 6.07) is 1.83. The molecule has 2 nitrogen and oxygen atoms in total. The fourth-order valence-corrected chi connectivity index (χ4v) is 1.80. The molecule has 0 aliphatic heterocycles. The summed E-state index contributed by atoms with van der Waals surface area (Å²) in [6.45, 7) is 0. The number of aromatic nitrogens is 1. The van der Waals surface area contributed by atoms with Crippen molar-refractivity contribution in [2.24, 2.45) is 0 Å². The van der Waals surface area contributed by atoms with Crippen molar-refractivity contribution < 1.29 is 4.74 Å². The molecule has 0 radical (unpaired) electrons. The smallest absolute Gasteiger partial charge is 0.139 e. The minimum absolute atomic E-state index is 0.401. The molecule has 0 atom stereocenters. The Balaban J connectivity index is 2.13. The van der Waals surface area contributed by atoms with E-state index in [1.54, 1.807) is 18.0 Å². The third-order valence-electron chi connectivity index (χ3n) is 1.80. The third-order valence-corrected chi connectivity index (χ3v) is 2.92. The van der Waals surface area contributed by atoms with Gasteiger partial charge < -0.3 is 4.74 Å². The van der Waals surface area contributed by atoms with Crippen LogP contribution in [-0.2, 0) is 0 Å². The van der Waals surface area contributed by atoms with Crippen LogP contribution in [0.15, 0.2) is 17.3 Å². The molecule has 1 saturated carbocycles. The van der Waals surface area contributed by atoms with Crippen LogP contribution in [0.4, 0.5) is 0 Å². The van der Waals surface area contributed by atoms with Crippen LogP contribution >= 0.6 is 23.4 Å². The van der Waals surface area contributed by atoms with E-state index in [4.69, 9.17) is 16.3 Å². The molecule has 0 aromatic carbocycles. The van der Waals surface area contributed by atoms with E-state index in [2.05, 4.69) is 4.98 Å². The monoisotopic (exact) mass is 215 g/mol. The molecule has 1 fully saturated rings. The summed E-state index contributed by atoms with van der Waals surface area (Å²) in [7, 11) is 0. The first kappa shape index (κ1) is 9.16. The average Bonchev–Trinajstić information content (AvgIpc) is 2.89. The Morgan fingerprint density at radius 3 is 2.92 bits per heavy atom. The molecule has 13 heavy (non-hydrogen) atoms. The molecule has 1 aromatic rings. The second-order valence-corrected chi connectivity index (χ2v) is 4.18. The SMILES string of the molecule is CSc1ncc(OC2CC2)cc1Cl. The van der Waals surface area contributed by atoms with Crippen molar-refractivity contribution in [1.82, 2.24) is 4.98 Å². The van der Waals surface area contributed by atoms with Crippen molar-refractivity contribution in [1.29, 1.82) is 0 Å². The van der Waals surface area contributed by atoms with Gasteiger partial charge in [-0.2, -0.15) is 0 Å². The lowest BCUT2D eigenvalue weighted by molar-refractivity contribution is 0.301. The van der Waals surface area contributed by atoms with Gasteiger partial charge in [0.1, 0.15) is 10.8 Å². The number of pyridine rings is 1. The van der Waals surface area contributed by atoms with E-state index < -0.39 is 0 Å². The maximum atomic E-state index is 5.97. The average molecular weight is 216 g/mol. The number of nitrogens with zero attached hydrogens (tertiary/aromatic N) is 1. The molecule has 0 spiro atoms. The highest BCUT2D eigenvalue weighted by Crippen LogP contribution is 2.30. The number of ether oxygens (including phenoxy) is 1. The van der Waals surface area contributed by atoms with Gasteiger partial charge in [-0.05, 0) is 19.1 Å². The zero-order valence-electron chi connectivity index (χ0n) is 7.29. The van der Waals surface area contributed by atoms with Gasteiger partial charge in [-0.25, -0.2) is 4.98 Å². The Labute approximate surface area is 86.6 Å². The van der Waals surface area contributed by atoms with Gasteiger partial charge in [-0.3, -0.25) is 0 Å². The molecular weight excluding hydrogens is 206 g/mol. The molecule has 1 aromatic heterocycles. The van der Waals surface area contributed by atoms with Crippen molar-refractivity contribution in [2.45, 2.75) is 24.0 Å². The molecule has 1 aliphatic rings. The number of thioether (sulfide) groups is 1. The van der Waals surface area contributed by atoms with E-state index in [1.807, 2.05) is 12.3 Å². The fraction of sp³-hybridized carbons (Fsp3) is 0.444. The van der Waals surface area contributed by atoms with Gasteiger partial charge in [0.15, 0.2) is 0 Å². The van der Waals surface area contributed by atoms with E-state index in [1.165, 1.54) is 0 Å². The molecule has 0 unspecified atom stereocenters. The Hall–Kier alpha value is -0.410. The Morgan fingerprint density at radius 2 is 2.38 bits per heavy atom. The summed E-state index contributed by atoms with van der Waals surface area (Å²) in [4.78, 5) is 4.18. The Morgan fingerprint density at radius 1 is 1.62 bits per heavy atom. The summed E-state index contributed by atoms with van der Waals surface area (Å²) < 4.78 is 5.55. The molecular formula is C9H10ClNOS. The van der Waals surface area contributed by atoms with Crippen LogP contribution in [-0.4, -0.2) is 17.3 Å². The number of hydrogen-bond donors (Lipinski definition) is 0. The minimum atomic E-state index is 0.401. The van der Waals surface area contributed by atoms with Gasteiger partial charge in [0.25, 0.3) is 0 Å². The largest absolute Gasteiger partial charge is 0.489 e. The summed E-state index contributed by atoms with van der Waals surface area (Å²) >= 11 is 7.51. The second kappa shape index (κ2) is 3.76. The molecule has 1 heterocycles. The zero-order valence-corrected chi connectivity index (χ0v) is 8.86. The highest BCUT2D eigenvalue weighted by molar-refractivity contribution is 7.98. The maximum Gasteiger partial charge on any atom is 0.139 e. The number of rotatable bonds is 3.